The van der Waals surface area contributed by atoms with Crippen molar-refractivity contribution >= 4 is 0 Å². The van der Waals surface area contributed by atoms with Gasteiger partial charge in [-0.25, -0.2) is 0 Å². The molecule has 0 aromatic rings. The second-order valence-corrected chi connectivity index (χ2v) is 7.78. The third kappa shape index (κ3) is 21.5. The number of nitrogens with zero attached hydrogens (tertiary/aromatic N) is 1. The van der Waals surface area contributed by atoms with Crippen LogP contribution in [0.25, 0.3) is 0 Å². The largest absolute Gasteiger partial charge is 0.379 e. The molecule has 0 aromatic heterocycles. The summed E-state index contributed by atoms with van der Waals surface area (Å²) in [4.78, 5) is 2.14. The first-order valence-corrected chi connectivity index (χ1v) is 11.3. The van der Waals surface area contributed by atoms with Crippen LogP contribution in [0.2, 0.25) is 0 Å². The highest BCUT2D eigenvalue weighted by Crippen LogP contribution is 2.08. The van der Waals surface area contributed by atoms with Crippen molar-refractivity contribution in [3.8, 4) is 0 Å². The summed E-state index contributed by atoms with van der Waals surface area (Å²) >= 11 is 0. The predicted molar refractivity (Wildman–Crippen MR) is 120 cm³/mol. The molecule has 0 aliphatic carbocycles. The molecule has 27 heavy (non-hydrogen) atoms. The monoisotopic (exact) mass is 381 g/mol. The first-order chi connectivity index (χ1) is 13.2. The molecule has 0 amide bonds. The molecule has 0 radical (unpaired) electrons. The average molecular weight is 382 g/mol. The van der Waals surface area contributed by atoms with Gasteiger partial charge in [0.25, 0.3) is 0 Å². The van der Waals surface area contributed by atoms with Crippen LogP contribution in [-0.2, 0) is 9.47 Å². The molecular weight excluding hydrogens is 334 g/mol. The van der Waals surface area contributed by atoms with Crippen LogP contribution in [0.1, 0.15) is 84.0 Å². The highest BCUT2D eigenvalue weighted by atomic mass is 16.5. The van der Waals surface area contributed by atoms with E-state index in [4.69, 9.17) is 9.47 Å². The molecule has 160 valence electrons. The van der Waals surface area contributed by atoms with Crippen LogP contribution in [0.15, 0.2) is 24.3 Å². The summed E-state index contributed by atoms with van der Waals surface area (Å²) in [5.74, 6) is 0. The molecule has 0 N–H and O–H groups in total. The van der Waals surface area contributed by atoms with Gasteiger partial charge in [-0.05, 0) is 52.6 Å². The zero-order valence-corrected chi connectivity index (χ0v) is 18.8. The van der Waals surface area contributed by atoms with Gasteiger partial charge in [-0.1, -0.05) is 69.8 Å². The molecule has 0 fully saturated rings. The Morgan fingerprint density at radius 3 is 1.96 bits per heavy atom. The van der Waals surface area contributed by atoms with Gasteiger partial charge in [0.1, 0.15) is 0 Å². The van der Waals surface area contributed by atoms with Crippen LogP contribution >= 0.6 is 0 Å². The summed E-state index contributed by atoms with van der Waals surface area (Å²) in [6.07, 6.45) is 24.9. The molecule has 1 unspecified atom stereocenters. The fourth-order valence-corrected chi connectivity index (χ4v) is 3.01. The quantitative estimate of drug-likeness (QED) is 0.180. The zero-order chi connectivity index (χ0) is 20.0. The Balaban J connectivity index is 3.27. The van der Waals surface area contributed by atoms with Crippen molar-refractivity contribution in [2.75, 3.05) is 41.0 Å². The summed E-state index contributed by atoms with van der Waals surface area (Å²) in [7, 11) is 5.89. The number of rotatable bonds is 20. The molecule has 0 bridgehead atoms. The first-order valence-electron chi connectivity index (χ1n) is 11.3. The van der Waals surface area contributed by atoms with Gasteiger partial charge in [-0.2, -0.15) is 0 Å². The van der Waals surface area contributed by atoms with Crippen molar-refractivity contribution in [3.05, 3.63) is 24.3 Å². The SMILES string of the molecule is CCCCC/C=C\C/C=C\CCCCCCCCOCC(CN(C)C)OC. The first kappa shape index (κ1) is 26.4. The molecule has 0 spiro atoms. The summed E-state index contributed by atoms with van der Waals surface area (Å²) in [5.41, 5.74) is 0. The maximum atomic E-state index is 5.74. The van der Waals surface area contributed by atoms with Crippen LogP contribution in [0.3, 0.4) is 0 Å². The highest BCUT2D eigenvalue weighted by molar-refractivity contribution is 4.92. The lowest BCUT2D eigenvalue weighted by molar-refractivity contribution is -0.00401. The molecular formula is C24H47NO2. The number of methoxy groups -OCH3 is 1. The topological polar surface area (TPSA) is 21.7 Å². The van der Waals surface area contributed by atoms with E-state index in [1.54, 1.807) is 7.11 Å². The van der Waals surface area contributed by atoms with E-state index in [2.05, 4.69) is 50.2 Å². The van der Waals surface area contributed by atoms with Crippen molar-refractivity contribution in [2.24, 2.45) is 0 Å². The number of hydrogen-bond donors (Lipinski definition) is 0. The molecule has 0 rings (SSSR count). The van der Waals surface area contributed by atoms with E-state index in [-0.39, 0.29) is 6.10 Å². The molecule has 0 aliphatic heterocycles. The van der Waals surface area contributed by atoms with Crippen molar-refractivity contribution in [2.45, 2.75) is 90.1 Å². The highest BCUT2D eigenvalue weighted by Gasteiger charge is 2.08. The van der Waals surface area contributed by atoms with Gasteiger partial charge >= 0.3 is 0 Å². The van der Waals surface area contributed by atoms with E-state index in [0.29, 0.717) is 6.61 Å². The Bertz CT molecular complexity index is 339. The lowest BCUT2D eigenvalue weighted by Crippen LogP contribution is -2.31. The van der Waals surface area contributed by atoms with Gasteiger partial charge in [-0.3, -0.25) is 0 Å². The second-order valence-electron chi connectivity index (χ2n) is 7.78. The maximum Gasteiger partial charge on any atom is 0.0930 e. The third-order valence-electron chi connectivity index (χ3n) is 4.70. The molecule has 0 aliphatic rings. The van der Waals surface area contributed by atoms with Crippen LogP contribution < -0.4 is 0 Å². The van der Waals surface area contributed by atoms with Crippen LogP contribution in [0.4, 0.5) is 0 Å². The predicted octanol–water partition coefficient (Wildman–Crippen LogP) is 6.39. The molecule has 0 saturated heterocycles. The van der Waals surface area contributed by atoms with E-state index in [1.165, 1.54) is 70.6 Å². The number of unbranched alkanes of at least 4 members (excludes halogenated alkanes) is 9. The van der Waals surface area contributed by atoms with Crippen LogP contribution in [0.5, 0.6) is 0 Å². The standard InChI is InChI=1S/C24H47NO2/c1-5-6-7-8-9-10-11-12-13-14-15-16-17-18-19-20-21-27-23-24(26-4)22-25(2)3/h9-10,12-13,24H,5-8,11,14-23H2,1-4H3/b10-9-,13-12-. The summed E-state index contributed by atoms with van der Waals surface area (Å²) in [6, 6.07) is 0. The summed E-state index contributed by atoms with van der Waals surface area (Å²) in [5, 5.41) is 0. The van der Waals surface area contributed by atoms with Crippen molar-refractivity contribution in [3.63, 3.8) is 0 Å². The van der Waals surface area contributed by atoms with Crippen LogP contribution in [-0.4, -0.2) is 52.0 Å². The van der Waals surface area contributed by atoms with Gasteiger partial charge in [-0.15, -0.1) is 0 Å². The fraction of sp³-hybridized carbons (Fsp3) is 0.833. The normalized spacial score (nSPS) is 13.4. The van der Waals surface area contributed by atoms with Gasteiger partial charge < -0.3 is 14.4 Å². The molecule has 3 nitrogen and oxygen atoms in total. The molecule has 0 aromatic carbocycles. The van der Waals surface area contributed by atoms with E-state index < -0.39 is 0 Å². The van der Waals surface area contributed by atoms with Gasteiger partial charge in [0.05, 0.1) is 12.7 Å². The lowest BCUT2D eigenvalue weighted by Gasteiger charge is -2.19. The smallest absolute Gasteiger partial charge is 0.0930 e. The number of ether oxygens (including phenoxy) is 2. The van der Waals surface area contributed by atoms with E-state index in [0.717, 1.165) is 19.6 Å². The minimum Gasteiger partial charge on any atom is -0.379 e. The Morgan fingerprint density at radius 1 is 0.778 bits per heavy atom. The van der Waals surface area contributed by atoms with Crippen LogP contribution in [0, 0.1) is 0 Å². The van der Waals surface area contributed by atoms with Crippen molar-refractivity contribution in [1.29, 1.82) is 0 Å². The van der Waals surface area contributed by atoms with Gasteiger partial charge in [0.15, 0.2) is 0 Å². The molecule has 1 atom stereocenters. The molecule has 0 saturated carbocycles. The lowest BCUT2D eigenvalue weighted by atomic mass is 10.1. The average Bonchev–Trinajstić information content (AvgIpc) is 2.65. The fourth-order valence-electron chi connectivity index (χ4n) is 3.01. The number of allylic oxidation sites excluding steroid dienone is 4. The Kier molecular flexibility index (Phi) is 21.1. The van der Waals surface area contributed by atoms with Crippen molar-refractivity contribution < 1.29 is 9.47 Å². The third-order valence-corrected chi connectivity index (χ3v) is 4.70. The Morgan fingerprint density at radius 2 is 1.37 bits per heavy atom. The molecule has 3 heteroatoms. The molecule has 0 heterocycles. The second kappa shape index (κ2) is 21.7. The maximum absolute atomic E-state index is 5.74. The Hall–Kier alpha value is -0.640. The minimum atomic E-state index is 0.185. The summed E-state index contributed by atoms with van der Waals surface area (Å²) < 4.78 is 11.2. The van der Waals surface area contributed by atoms with Gasteiger partial charge in [0, 0.05) is 20.3 Å². The summed E-state index contributed by atoms with van der Waals surface area (Å²) in [6.45, 7) is 4.74. The van der Waals surface area contributed by atoms with E-state index >= 15 is 0 Å². The Labute approximate surface area is 170 Å². The van der Waals surface area contributed by atoms with E-state index in [1.807, 2.05) is 0 Å². The van der Waals surface area contributed by atoms with E-state index in [9.17, 15) is 0 Å². The van der Waals surface area contributed by atoms with Crippen molar-refractivity contribution in [1.82, 2.24) is 4.90 Å². The van der Waals surface area contributed by atoms with Gasteiger partial charge in [0.2, 0.25) is 0 Å². The number of likely N-dealkylation sites (N-methyl/N-ethyl adjacent to an activating group) is 1. The zero-order valence-electron chi connectivity index (χ0n) is 18.8. The number of hydrogen-bond acceptors (Lipinski definition) is 3. The minimum absolute atomic E-state index is 0.185.